The van der Waals surface area contributed by atoms with Crippen molar-refractivity contribution in [3.8, 4) is 0 Å². The van der Waals surface area contributed by atoms with Crippen LogP contribution in [0.3, 0.4) is 0 Å². The molecule has 2 saturated carbocycles. The van der Waals surface area contributed by atoms with E-state index in [4.69, 9.17) is 0 Å². The van der Waals surface area contributed by atoms with Crippen molar-refractivity contribution in [3.63, 3.8) is 0 Å². The van der Waals surface area contributed by atoms with E-state index in [0.29, 0.717) is 0 Å². The first kappa shape index (κ1) is 29.3. The quantitative estimate of drug-likeness (QED) is 0.176. The van der Waals surface area contributed by atoms with Gasteiger partial charge in [-0.25, -0.2) is 0 Å². The third-order valence-corrected chi connectivity index (χ3v) is 11.0. The number of hydrogen-bond donors (Lipinski definition) is 0. The Labute approximate surface area is 224 Å². The van der Waals surface area contributed by atoms with Crippen molar-refractivity contribution in [2.24, 2.45) is 11.8 Å². The van der Waals surface area contributed by atoms with E-state index in [2.05, 4.69) is 37.3 Å². The molecule has 0 saturated heterocycles. The van der Waals surface area contributed by atoms with Crippen LogP contribution in [0.15, 0.2) is 12.1 Å². The summed E-state index contributed by atoms with van der Waals surface area (Å²) in [5.74, 6) is 3.83. The average Bonchev–Trinajstić information content (AvgIpc) is 3.39. The normalized spacial score (nSPS) is 25.2. The summed E-state index contributed by atoms with van der Waals surface area (Å²) in [5.41, 5.74) is 0. The zero-order valence-electron chi connectivity index (χ0n) is 23.8. The molecule has 0 nitrogen and oxygen atoms in total. The van der Waals surface area contributed by atoms with Gasteiger partial charge in [0, 0.05) is 9.75 Å². The van der Waals surface area contributed by atoms with Crippen LogP contribution >= 0.6 is 11.3 Å². The summed E-state index contributed by atoms with van der Waals surface area (Å²) < 4.78 is 0. The van der Waals surface area contributed by atoms with Gasteiger partial charge >= 0.3 is 0 Å². The van der Waals surface area contributed by atoms with E-state index < -0.39 is 0 Å². The summed E-state index contributed by atoms with van der Waals surface area (Å²) in [6, 6.07) is 5.06. The van der Waals surface area contributed by atoms with Gasteiger partial charge < -0.3 is 0 Å². The molecule has 202 valence electrons. The Balaban J connectivity index is 1.21. The molecule has 0 unspecified atom stereocenters. The summed E-state index contributed by atoms with van der Waals surface area (Å²) in [5, 5.41) is 0. The lowest BCUT2D eigenvalue weighted by molar-refractivity contribution is 0.303. The van der Waals surface area contributed by atoms with Gasteiger partial charge in [0.15, 0.2) is 0 Å². The van der Waals surface area contributed by atoms with Gasteiger partial charge in [-0.05, 0) is 87.2 Å². The maximum Gasteiger partial charge on any atom is 0.00792 e. The standard InChI is InChI=1S/C34H60S/c1-3-5-7-8-9-10-11-12-13-14-16-18-30-21-25-32(26-22-30)34-28-27-33(35-34)31-23-19-29(20-24-31)17-15-6-4-2/h27-32H,3-26H2,1-2H3. The third kappa shape index (κ3) is 11.3. The van der Waals surface area contributed by atoms with Crippen LogP contribution in [0.1, 0.15) is 190 Å². The molecule has 0 aliphatic heterocycles. The Bertz CT molecular complexity index is 614. The van der Waals surface area contributed by atoms with Crippen LogP contribution in [0, 0.1) is 11.8 Å². The summed E-state index contributed by atoms with van der Waals surface area (Å²) in [4.78, 5) is 3.47. The van der Waals surface area contributed by atoms with Crippen molar-refractivity contribution in [2.75, 3.05) is 0 Å². The van der Waals surface area contributed by atoms with Gasteiger partial charge in [0.25, 0.3) is 0 Å². The van der Waals surface area contributed by atoms with Crippen molar-refractivity contribution in [2.45, 2.75) is 180 Å². The molecule has 35 heavy (non-hydrogen) atoms. The van der Waals surface area contributed by atoms with Crippen LogP contribution in [0.5, 0.6) is 0 Å². The van der Waals surface area contributed by atoms with Crippen molar-refractivity contribution in [3.05, 3.63) is 21.9 Å². The molecule has 3 rings (SSSR count). The predicted molar refractivity (Wildman–Crippen MR) is 159 cm³/mol. The van der Waals surface area contributed by atoms with E-state index in [0.717, 1.165) is 23.7 Å². The highest BCUT2D eigenvalue weighted by Crippen LogP contribution is 2.44. The van der Waals surface area contributed by atoms with E-state index in [1.165, 1.54) is 154 Å². The number of unbranched alkanes of at least 4 members (excludes halogenated alkanes) is 12. The van der Waals surface area contributed by atoms with E-state index in [-0.39, 0.29) is 0 Å². The zero-order chi connectivity index (χ0) is 24.6. The first-order valence-corrected chi connectivity index (χ1v) is 17.2. The molecule has 0 amide bonds. The minimum Gasteiger partial charge on any atom is -0.145 e. The minimum absolute atomic E-state index is 0.882. The zero-order valence-corrected chi connectivity index (χ0v) is 24.7. The van der Waals surface area contributed by atoms with Crippen molar-refractivity contribution in [1.82, 2.24) is 0 Å². The van der Waals surface area contributed by atoms with E-state index in [1.807, 2.05) is 0 Å². The Morgan fingerprint density at radius 3 is 1.26 bits per heavy atom. The summed E-state index contributed by atoms with van der Waals surface area (Å²) >= 11 is 2.21. The molecule has 1 aromatic rings. The molecule has 0 radical (unpaired) electrons. The first-order valence-electron chi connectivity index (χ1n) is 16.4. The Morgan fingerprint density at radius 2 is 0.829 bits per heavy atom. The van der Waals surface area contributed by atoms with Crippen LogP contribution in [0.2, 0.25) is 0 Å². The fraction of sp³-hybridized carbons (Fsp3) is 0.882. The fourth-order valence-corrected chi connectivity index (χ4v) is 8.41. The topological polar surface area (TPSA) is 0 Å². The molecule has 0 atom stereocenters. The second-order valence-corrected chi connectivity index (χ2v) is 13.6. The lowest BCUT2D eigenvalue weighted by atomic mass is 9.79. The molecule has 2 aliphatic rings. The molecular formula is C34H60S. The van der Waals surface area contributed by atoms with E-state index in [9.17, 15) is 0 Å². The Kier molecular flexibility index (Phi) is 15.1. The molecule has 2 fully saturated rings. The number of rotatable bonds is 18. The smallest absolute Gasteiger partial charge is 0.00792 e. The summed E-state index contributed by atoms with van der Waals surface area (Å²) in [7, 11) is 0. The van der Waals surface area contributed by atoms with E-state index in [1.54, 1.807) is 9.75 Å². The van der Waals surface area contributed by atoms with Gasteiger partial charge in [-0.2, -0.15) is 0 Å². The third-order valence-electron chi connectivity index (χ3n) is 9.58. The Hall–Kier alpha value is -0.300. The highest BCUT2D eigenvalue weighted by molar-refractivity contribution is 7.12. The SMILES string of the molecule is CCCCCCCCCCCCCC1CCC(c2ccc(C3CCC(CCCCC)CC3)s2)CC1. The Morgan fingerprint density at radius 1 is 0.486 bits per heavy atom. The molecular weight excluding hydrogens is 440 g/mol. The molecule has 0 spiro atoms. The largest absolute Gasteiger partial charge is 0.145 e. The monoisotopic (exact) mass is 500 g/mol. The molecule has 0 bridgehead atoms. The van der Waals surface area contributed by atoms with Gasteiger partial charge in [-0.15, -0.1) is 11.3 Å². The summed E-state index contributed by atoms with van der Waals surface area (Å²) in [6.45, 7) is 4.64. The predicted octanol–water partition coefficient (Wildman–Crippen LogP) is 12.6. The maximum atomic E-state index is 2.53. The molecule has 0 aromatic carbocycles. The molecule has 2 aliphatic carbocycles. The fourth-order valence-electron chi connectivity index (χ4n) is 7.06. The van der Waals surface area contributed by atoms with Gasteiger partial charge in [-0.1, -0.05) is 117 Å². The van der Waals surface area contributed by atoms with Gasteiger partial charge in [0.1, 0.15) is 0 Å². The second-order valence-electron chi connectivity index (χ2n) is 12.5. The molecule has 1 heteroatoms. The van der Waals surface area contributed by atoms with Crippen LogP contribution in [0.25, 0.3) is 0 Å². The van der Waals surface area contributed by atoms with Crippen LogP contribution in [0.4, 0.5) is 0 Å². The van der Waals surface area contributed by atoms with Gasteiger partial charge in [0.05, 0.1) is 0 Å². The van der Waals surface area contributed by atoms with Gasteiger partial charge in [0.2, 0.25) is 0 Å². The average molecular weight is 501 g/mol. The second kappa shape index (κ2) is 18.0. The lowest BCUT2D eigenvalue weighted by Crippen LogP contribution is -2.13. The maximum absolute atomic E-state index is 2.53. The minimum atomic E-state index is 0.882. The van der Waals surface area contributed by atoms with Crippen molar-refractivity contribution < 1.29 is 0 Å². The van der Waals surface area contributed by atoms with Crippen molar-refractivity contribution >= 4 is 11.3 Å². The highest BCUT2D eigenvalue weighted by Gasteiger charge is 2.26. The molecule has 1 heterocycles. The number of hydrogen-bond acceptors (Lipinski definition) is 1. The molecule has 0 N–H and O–H groups in total. The number of thiophene rings is 1. The van der Waals surface area contributed by atoms with Crippen LogP contribution in [-0.4, -0.2) is 0 Å². The van der Waals surface area contributed by atoms with Crippen LogP contribution < -0.4 is 0 Å². The van der Waals surface area contributed by atoms with Gasteiger partial charge in [-0.3, -0.25) is 0 Å². The molecule has 1 aromatic heterocycles. The highest BCUT2D eigenvalue weighted by atomic mass is 32.1. The summed E-state index contributed by atoms with van der Waals surface area (Å²) in [6.07, 6.45) is 35.3. The lowest BCUT2D eigenvalue weighted by Gasteiger charge is -2.29. The first-order chi connectivity index (χ1) is 17.3. The van der Waals surface area contributed by atoms with Crippen molar-refractivity contribution in [1.29, 1.82) is 0 Å². The van der Waals surface area contributed by atoms with E-state index >= 15 is 0 Å². The van der Waals surface area contributed by atoms with Crippen LogP contribution in [-0.2, 0) is 0 Å².